The minimum absolute atomic E-state index is 0.0426. The number of piperazine rings is 1. The fraction of sp³-hybridized carbons (Fsp3) is 0.429. The van der Waals surface area contributed by atoms with Crippen LogP contribution in [0.25, 0.3) is 0 Å². The van der Waals surface area contributed by atoms with E-state index in [1.165, 1.54) is 27.8 Å². The molecule has 3 heterocycles. The van der Waals surface area contributed by atoms with Gasteiger partial charge in [-0.2, -0.15) is 4.31 Å². The monoisotopic (exact) mass is 464 g/mol. The van der Waals surface area contributed by atoms with Gasteiger partial charge in [-0.15, -0.1) is 11.3 Å². The van der Waals surface area contributed by atoms with Gasteiger partial charge in [0.05, 0.1) is 23.0 Å². The molecule has 0 spiro atoms. The van der Waals surface area contributed by atoms with Crippen molar-refractivity contribution < 1.29 is 27.5 Å². The number of thiophene rings is 1. The lowest BCUT2D eigenvalue weighted by molar-refractivity contribution is -0.132. The van der Waals surface area contributed by atoms with Crippen LogP contribution in [-0.4, -0.2) is 68.7 Å². The second-order valence-corrected chi connectivity index (χ2v) is 10.2. The van der Waals surface area contributed by atoms with Gasteiger partial charge in [0.15, 0.2) is 17.3 Å². The maximum absolute atomic E-state index is 13.1. The number of ketones is 1. The summed E-state index contributed by atoms with van der Waals surface area (Å²) in [6.45, 7) is 2.04. The van der Waals surface area contributed by atoms with Gasteiger partial charge in [0.1, 0.15) is 0 Å². The standard InChI is InChI=1S/C21H24N2O6S2/c24-17(20-3-1-14-30-20)5-7-21(25)22-8-10-23(11-9-22)31(26,27)16-4-6-18-19(15-16)29-13-2-12-28-18/h1,3-4,6,14-15H,2,5,7-13H2. The Bertz CT molecular complexity index is 1040. The molecule has 0 saturated carbocycles. The first-order chi connectivity index (χ1) is 14.9. The fourth-order valence-corrected chi connectivity index (χ4v) is 5.70. The number of hydrogen-bond donors (Lipinski definition) is 0. The van der Waals surface area contributed by atoms with Gasteiger partial charge in [0.2, 0.25) is 15.9 Å². The molecule has 2 aliphatic heterocycles. The number of carbonyl (C=O) groups excluding carboxylic acids is 2. The molecule has 1 aromatic heterocycles. The predicted molar refractivity (Wildman–Crippen MR) is 115 cm³/mol. The summed E-state index contributed by atoms with van der Waals surface area (Å²) in [5, 5.41) is 1.83. The van der Waals surface area contributed by atoms with Crippen molar-refractivity contribution >= 4 is 33.1 Å². The molecule has 0 bridgehead atoms. The van der Waals surface area contributed by atoms with Crippen LogP contribution in [-0.2, 0) is 14.8 Å². The first-order valence-corrected chi connectivity index (χ1v) is 12.5. The van der Waals surface area contributed by atoms with E-state index in [0.717, 1.165) is 6.42 Å². The normalized spacial score (nSPS) is 17.2. The molecule has 1 aromatic carbocycles. The molecular weight excluding hydrogens is 440 g/mol. The van der Waals surface area contributed by atoms with E-state index < -0.39 is 10.0 Å². The summed E-state index contributed by atoms with van der Waals surface area (Å²) in [5.41, 5.74) is 0. The van der Waals surface area contributed by atoms with Crippen molar-refractivity contribution in [1.82, 2.24) is 9.21 Å². The summed E-state index contributed by atoms with van der Waals surface area (Å²) in [7, 11) is -3.70. The van der Waals surface area contributed by atoms with Gasteiger partial charge in [0.25, 0.3) is 0 Å². The average molecular weight is 465 g/mol. The number of fused-ring (bicyclic) bond motifs is 1. The third-order valence-corrected chi connectivity index (χ3v) is 8.12. The third kappa shape index (κ3) is 4.91. The van der Waals surface area contributed by atoms with Crippen LogP contribution in [0, 0.1) is 0 Å². The molecule has 10 heteroatoms. The Kier molecular flexibility index (Phi) is 6.59. The molecular formula is C21H24N2O6S2. The zero-order valence-corrected chi connectivity index (χ0v) is 18.6. The predicted octanol–water partition coefficient (Wildman–Crippen LogP) is 2.41. The van der Waals surface area contributed by atoms with E-state index in [1.807, 2.05) is 11.4 Å². The molecule has 0 unspecified atom stereocenters. The lowest BCUT2D eigenvalue weighted by atomic mass is 10.1. The van der Waals surface area contributed by atoms with Crippen LogP contribution < -0.4 is 9.47 Å². The van der Waals surface area contributed by atoms with Crippen LogP contribution in [0.15, 0.2) is 40.6 Å². The zero-order chi connectivity index (χ0) is 21.8. The number of rotatable bonds is 6. The highest BCUT2D eigenvalue weighted by Gasteiger charge is 2.31. The van der Waals surface area contributed by atoms with Gasteiger partial charge in [-0.25, -0.2) is 8.42 Å². The van der Waals surface area contributed by atoms with E-state index in [1.54, 1.807) is 17.0 Å². The van der Waals surface area contributed by atoms with Gasteiger partial charge in [0, 0.05) is 51.5 Å². The van der Waals surface area contributed by atoms with E-state index in [0.29, 0.717) is 42.7 Å². The van der Waals surface area contributed by atoms with Crippen LogP contribution in [0.5, 0.6) is 11.5 Å². The van der Waals surface area contributed by atoms with Crippen LogP contribution in [0.2, 0.25) is 0 Å². The molecule has 166 valence electrons. The summed E-state index contributed by atoms with van der Waals surface area (Å²) in [6.07, 6.45) is 1.03. The van der Waals surface area contributed by atoms with Crippen molar-refractivity contribution in [2.45, 2.75) is 24.2 Å². The molecule has 0 atom stereocenters. The second-order valence-electron chi connectivity index (χ2n) is 7.34. The van der Waals surface area contributed by atoms with Crippen molar-refractivity contribution in [2.75, 3.05) is 39.4 Å². The summed E-state index contributed by atoms with van der Waals surface area (Å²) in [4.78, 5) is 27.0. The van der Waals surface area contributed by atoms with Crippen molar-refractivity contribution in [1.29, 1.82) is 0 Å². The number of ether oxygens (including phenoxy) is 2. The Morgan fingerprint density at radius 1 is 0.968 bits per heavy atom. The number of amides is 1. The highest BCUT2D eigenvalue weighted by atomic mass is 32.2. The quantitative estimate of drug-likeness (QED) is 0.610. The molecule has 2 aromatic rings. The van der Waals surface area contributed by atoms with Gasteiger partial charge < -0.3 is 14.4 Å². The van der Waals surface area contributed by atoms with Gasteiger partial charge >= 0.3 is 0 Å². The van der Waals surface area contributed by atoms with E-state index >= 15 is 0 Å². The second kappa shape index (κ2) is 9.37. The van der Waals surface area contributed by atoms with Crippen molar-refractivity contribution in [3.63, 3.8) is 0 Å². The molecule has 4 rings (SSSR count). The SMILES string of the molecule is O=C(CCC(=O)N1CCN(S(=O)(=O)c2ccc3c(c2)OCCCO3)CC1)c1cccs1. The zero-order valence-electron chi connectivity index (χ0n) is 17.0. The number of hydrogen-bond acceptors (Lipinski definition) is 7. The van der Waals surface area contributed by atoms with Crippen LogP contribution >= 0.6 is 11.3 Å². The molecule has 0 radical (unpaired) electrons. The fourth-order valence-electron chi connectivity index (χ4n) is 3.57. The molecule has 1 saturated heterocycles. The number of sulfonamides is 1. The Labute approximate surface area is 185 Å². The van der Waals surface area contributed by atoms with Crippen molar-refractivity contribution in [2.24, 2.45) is 0 Å². The molecule has 8 nitrogen and oxygen atoms in total. The molecule has 1 fully saturated rings. The van der Waals surface area contributed by atoms with Gasteiger partial charge in [-0.05, 0) is 23.6 Å². The number of Topliss-reactive ketones (excluding diaryl/α,β-unsaturated/α-hetero) is 1. The summed E-state index contributed by atoms with van der Waals surface area (Å²) < 4.78 is 38.7. The average Bonchev–Trinajstić information content (AvgIpc) is 3.22. The Morgan fingerprint density at radius 3 is 2.42 bits per heavy atom. The summed E-state index contributed by atoms with van der Waals surface area (Å²) in [5.74, 6) is 0.809. The first-order valence-electron chi connectivity index (χ1n) is 10.2. The lowest BCUT2D eigenvalue weighted by Gasteiger charge is -2.34. The lowest BCUT2D eigenvalue weighted by Crippen LogP contribution is -2.50. The van der Waals surface area contributed by atoms with E-state index in [-0.39, 0.29) is 42.5 Å². The Hall–Kier alpha value is -2.43. The molecule has 31 heavy (non-hydrogen) atoms. The van der Waals surface area contributed by atoms with E-state index in [9.17, 15) is 18.0 Å². The van der Waals surface area contributed by atoms with Crippen molar-refractivity contribution in [3.05, 3.63) is 40.6 Å². The van der Waals surface area contributed by atoms with Gasteiger partial charge in [-0.1, -0.05) is 6.07 Å². The maximum Gasteiger partial charge on any atom is 0.243 e. The highest BCUT2D eigenvalue weighted by Crippen LogP contribution is 2.33. The Balaban J connectivity index is 1.34. The molecule has 0 N–H and O–H groups in total. The minimum Gasteiger partial charge on any atom is -0.490 e. The smallest absolute Gasteiger partial charge is 0.243 e. The molecule has 2 aliphatic rings. The van der Waals surface area contributed by atoms with Crippen molar-refractivity contribution in [3.8, 4) is 11.5 Å². The van der Waals surface area contributed by atoms with E-state index in [2.05, 4.69) is 0 Å². The topological polar surface area (TPSA) is 93.2 Å². The number of benzene rings is 1. The number of carbonyl (C=O) groups is 2. The Morgan fingerprint density at radius 2 is 1.71 bits per heavy atom. The molecule has 0 aliphatic carbocycles. The summed E-state index contributed by atoms with van der Waals surface area (Å²) >= 11 is 1.36. The summed E-state index contributed by atoms with van der Waals surface area (Å²) in [6, 6.07) is 8.21. The van der Waals surface area contributed by atoms with Crippen LogP contribution in [0.1, 0.15) is 28.9 Å². The largest absolute Gasteiger partial charge is 0.490 e. The maximum atomic E-state index is 13.1. The third-order valence-electron chi connectivity index (χ3n) is 5.31. The molecule has 1 amide bonds. The first kappa shape index (κ1) is 21.8. The van der Waals surface area contributed by atoms with E-state index in [4.69, 9.17) is 9.47 Å². The van der Waals surface area contributed by atoms with Crippen LogP contribution in [0.3, 0.4) is 0 Å². The van der Waals surface area contributed by atoms with Gasteiger partial charge in [-0.3, -0.25) is 9.59 Å². The minimum atomic E-state index is -3.70. The number of nitrogens with zero attached hydrogens (tertiary/aromatic N) is 2. The highest BCUT2D eigenvalue weighted by molar-refractivity contribution is 7.89. The van der Waals surface area contributed by atoms with Crippen LogP contribution in [0.4, 0.5) is 0 Å².